The van der Waals surface area contributed by atoms with Crippen LogP contribution in [0.1, 0.15) is 5.56 Å². The highest BCUT2D eigenvalue weighted by atomic mass is 32.2. The SMILES string of the molecule is O=C=NS(=O)(=O)CCc1ccccc1[N+](=O)[O-]. The highest BCUT2D eigenvalue weighted by molar-refractivity contribution is 7.90. The molecule has 0 saturated heterocycles. The Balaban J connectivity index is 2.90. The van der Waals surface area contributed by atoms with Gasteiger partial charge in [-0.3, -0.25) is 10.1 Å². The smallest absolute Gasteiger partial charge is 0.258 e. The van der Waals surface area contributed by atoms with Crippen molar-refractivity contribution >= 4 is 21.8 Å². The fourth-order valence-corrected chi connectivity index (χ4v) is 1.92. The lowest BCUT2D eigenvalue weighted by Gasteiger charge is -2.00. The van der Waals surface area contributed by atoms with E-state index >= 15 is 0 Å². The van der Waals surface area contributed by atoms with E-state index in [2.05, 4.69) is 4.40 Å². The minimum absolute atomic E-state index is 0.0787. The van der Waals surface area contributed by atoms with E-state index in [1.807, 2.05) is 0 Å². The van der Waals surface area contributed by atoms with E-state index in [1.165, 1.54) is 18.2 Å². The van der Waals surface area contributed by atoms with Crippen molar-refractivity contribution in [3.05, 3.63) is 39.9 Å². The summed E-state index contributed by atoms with van der Waals surface area (Å²) in [5, 5.41) is 10.6. The van der Waals surface area contributed by atoms with Crippen molar-refractivity contribution in [3.63, 3.8) is 0 Å². The van der Waals surface area contributed by atoms with Crippen molar-refractivity contribution in [1.29, 1.82) is 0 Å². The quantitative estimate of drug-likeness (QED) is 0.335. The Labute approximate surface area is 97.0 Å². The van der Waals surface area contributed by atoms with Gasteiger partial charge in [0, 0.05) is 11.6 Å². The lowest BCUT2D eigenvalue weighted by molar-refractivity contribution is -0.385. The van der Waals surface area contributed by atoms with Gasteiger partial charge in [-0.25, -0.2) is 13.2 Å². The van der Waals surface area contributed by atoms with Gasteiger partial charge < -0.3 is 0 Å². The highest BCUT2D eigenvalue weighted by Gasteiger charge is 2.15. The first-order valence-corrected chi connectivity index (χ1v) is 6.11. The molecule has 1 aromatic carbocycles. The van der Waals surface area contributed by atoms with Gasteiger partial charge in [0.05, 0.1) is 10.7 Å². The predicted octanol–water partition coefficient (Wildman–Crippen LogP) is 0.803. The van der Waals surface area contributed by atoms with Crippen LogP contribution in [0.25, 0.3) is 0 Å². The second-order valence-corrected chi connectivity index (χ2v) is 4.86. The van der Waals surface area contributed by atoms with Crippen LogP contribution in [0.15, 0.2) is 28.7 Å². The molecule has 0 spiro atoms. The van der Waals surface area contributed by atoms with Gasteiger partial charge in [-0.05, 0) is 6.42 Å². The molecule has 90 valence electrons. The lowest BCUT2D eigenvalue weighted by atomic mass is 10.1. The van der Waals surface area contributed by atoms with Crippen LogP contribution in [0, 0.1) is 10.1 Å². The molecule has 0 radical (unpaired) electrons. The molecule has 8 heteroatoms. The standard InChI is InChI=1S/C9H8N2O5S/c12-7-10-17(15,16)6-5-8-3-1-2-4-9(8)11(13)14/h1-4H,5-6H2. The summed E-state index contributed by atoms with van der Waals surface area (Å²) in [5.74, 6) is -0.465. The fourth-order valence-electron chi connectivity index (χ4n) is 1.24. The summed E-state index contributed by atoms with van der Waals surface area (Å²) in [7, 11) is -3.89. The topological polar surface area (TPSA) is 107 Å². The fraction of sp³-hybridized carbons (Fsp3) is 0.222. The Morgan fingerprint density at radius 1 is 1.35 bits per heavy atom. The highest BCUT2D eigenvalue weighted by Crippen LogP contribution is 2.18. The number of hydrogen-bond acceptors (Lipinski definition) is 5. The molecule has 0 aliphatic rings. The third-order valence-electron chi connectivity index (χ3n) is 1.99. The van der Waals surface area contributed by atoms with Crippen LogP contribution in [0.5, 0.6) is 0 Å². The molecule has 0 aromatic heterocycles. The Bertz CT molecular complexity index is 575. The second kappa shape index (κ2) is 5.33. The maximum atomic E-state index is 11.1. The molecule has 7 nitrogen and oxygen atoms in total. The molecular weight excluding hydrogens is 248 g/mol. The van der Waals surface area contributed by atoms with Crippen LogP contribution in [-0.4, -0.2) is 25.2 Å². The predicted molar refractivity (Wildman–Crippen MR) is 58.7 cm³/mol. The molecular formula is C9H8N2O5S. The minimum Gasteiger partial charge on any atom is -0.258 e. The Morgan fingerprint density at radius 2 is 2.00 bits per heavy atom. The molecule has 0 unspecified atom stereocenters. The Hall–Kier alpha value is -2.05. The first-order chi connectivity index (χ1) is 7.96. The van der Waals surface area contributed by atoms with Gasteiger partial charge >= 0.3 is 0 Å². The molecule has 0 atom stereocenters. The minimum atomic E-state index is -3.89. The first-order valence-electron chi connectivity index (χ1n) is 4.50. The van der Waals surface area contributed by atoms with Crippen LogP contribution < -0.4 is 0 Å². The van der Waals surface area contributed by atoms with Crippen molar-refractivity contribution < 1.29 is 18.1 Å². The maximum Gasteiger partial charge on any atom is 0.272 e. The zero-order valence-corrected chi connectivity index (χ0v) is 9.38. The largest absolute Gasteiger partial charge is 0.272 e. The third-order valence-corrected chi connectivity index (χ3v) is 3.07. The van der Waals surface area contributed by atoms with Gasteiger partial charge in [0.2, 0.25) is 0 Å². The number of nitrogens with zero attached hydrogens (tertiary/aromatic N) is 2. The third kappa shape index (κ3) is 3.78. The number of para-hydroxylation sites is 1. The average molecular weight is 256 g/mol. The molecule has 0 bridgehead atoms. The number of hydrogen-bond donors (Lipinski definition) is 0. The number of nitro groups is 1. The molecule has 0 aliphatic carbocycles. The summed E-state index contributed by atoms with van der Waals surface area (Å²) in [5.41, 5.74) is 0.125. The number of aryl methyl sites for hydroxylation is 1. The van der Waals surface area contributed by atoms with Crippen LogP contribution in [0.3, 0.4) is 0 Å². The summed E-state index contributed by atoms with van der Waals surface area (Å²) in [6.07, 6.45) is 0.856. The van der Waals surface area contributed by atoms with E-state index in [1.54, 1.807) is 6.07 Å². The molecule has 0 N–H and O–H groups in total. The number of isocyanates is 1. The molecule has 0 saturated carbocycles. The molecule has 0 aliphatic heterocycles. The normalized spacial score (nSPS) is 10.6. The number of carbonyl (C=O) groups excluding carboxylic acids is 1. The van der Waals surface area contributed by atoms with Crippen LogP contribution >= 0.6 is 0 Å². The second-order valence-electron chi connectivity index (χ2n) is 3.10. The van der Waals surface area contributed by atoms with Gasteiger partial charge in [0.1, 0.15) is 0 Å². The maximum absolute atomic E-state index is 11.1. The van der Waals surface area contributed by atoms with Crippen LogP contribution in [0.2, 0.25) is 0 Å². The molecule has 0 fully saturated rings. The zero-order valence-electron chi connectivity index (χ0n) is 8.57. The molecule has 17 heavy (non-hydrogen) atoms. The van der Waals surface area contributed by atoms with E-state index in [-0.39, 0.29) is 17.7 Å². The number of rotatable bonds is 5. The number of benzene rings is 1. The summed E-state index contributed by atoms with van der Waals surface area (Å²) in [6, 6.07) is 5.79. The average Bonchev–Trinajstić information content (AvgIpc) is 2.27. The van der Waals surface area contributed by atoms with Gasteiger partial charge in [0.25, 0.3) is 21.8 Å². The Kier molecular flexibility index (Phi) is 4.08. The van der Waals surface area contributed by atoms with Crippen molar-refractivity contribution in [2.24, 2.45) is 4.40 Å². The number of nitro benzene ring substituents is 1. The van der Waals surface area contributed by atoms with Crippen molar-refractivity contribution in [2.75, 3.05) is 5.75 Å². The summed E-state index contributed by atoms with van der Waals surface area (Å²) in [6.45, 7) is 0. The van der Waals surface area contributed by atoms with Gasteiger partial charge in [-0.15, -0.1) is 0 Å². The summed E-state index contributed by atoms with van der Waals surface area (Å²) >= 11 is 0. The van der Waals surface area contributed by atoms with E-state index in [0.29, 0.717) is 0 Å². The van der Waals surface area contributed by atoms with E-state index in [4.69, 9.17) is 0 Å². The number of sulfonamides is 1. The van der Waals surface area contributed by atoms with Gasteiger partial charge in [0.15, 0.2) is 0 Å². The Morgan fingerprint density at radius 3 is 2.59 bits per heavy atom. The molecule has 1 aromatic rings. The van der Waals surface area contributed by atoms with Gasteiger partial charge in [-0.1, -0.05) is 22.6 Å². The van der Waals surface area contributed by atoms with Crippen molar-refractivity contribution in [2.45, 2.75) is 6.42 Å². The van der Waals surface area contributed by atoms with E-state index in [9.17, 15) is 23.3 Å². The molecule has 0 heterocycles. The van der Waals surface area contributed by atoms with Crippen molar-refractivity contribution in [3.8, 4) is 0 Å². The van der Waals surface area contributed by atoms with Crippen LogP contribution in [0.4, 0.5) is 5.69 Å². The summed E-state index contributed by atoms with van der Waals surface area (Å²) in [4.78, 5) is 19.9. The zero-order chi connectivity index (χ0) is 12.9. The van der Waals surface area contributed by atoms with Crippen LogP contribution in [-0.2, 0) is 21.2 Å². The van der Waals surface area contributed by atoms with E-state index < -0.39 is 20.7 Å². The van der Waals surface area contributed by atoms with E-state index in [0.717, 1.165) is 6.08 Å². The molecule has 1 rings (SSSR count). The molecule has 0 amide bonds. The summed E-state index contributed by atoms with van der Waals surface area (Å²) < 4.78 is 24.8. The van der Waals surface area contributed by atoms with Crippen molar-refractivity contribution in [1.82, 2.24) is 0 Å². The lowest BCUT2D eigenvalue weighted by Crippen LogP contribution is -2.06. The van der Waals surface area contributed by atoms with Gasteiger partial charge in [-0.2, -0.15) is 0 Å². The first kappa shape index (κ1) is 13.0. The monoisotopic (exact) mass is 256 g/mol.